The third-order valence-corrected chi connectivity index (χ3v) is 4.82. The number of rotatable bonds is 4. The first-order valence-electron chi connectivity index (χ1n) is 7.46. The number of nitrogens with two attached hydrogens (primary N) is 1. The third kappa shape index (κ3) is 4.59. The Morgan fingerprint density at radius 2 is 2.09 bits per heavy atom. The monoisotopic (exact) mass is 402 g/mol. The van der Waals surface area contributed by atoms with Gasteiger partial charge >= 0.3 is 5.76 Å². The Balaban J connectivity index is 0.00000192. The number of hydrogen-bond donors (Lipinski definition) is 3. The van der Waals surface area contributed by atoms with Crippen molar-refractivity contribution in [2.75, 3.05) is 11.9 Å². The van der Waals surface area contributed by atoms with Crippen LogP contribution < -0.4 is 16.8 Å². The number of hydrogen-bond acceptors (Lipinski definition) is 5. The second-order valence-electron chi connectivity index (χ2n) is 5.77. The van der Waals surface area contributed by atoms with Crippen molar-refractivity contribution in [1.29, 1.82) is 0 Å². The molecule has 1 aliphatic carbocycles. The SMILES string of the molecule is Cl.N[C@H]1CC[C@H](CNc2cc(-c3n[nH]c(=O)o3)ccc2Br)CC1. The molecule has 1 aromatic heterocycles. The summed E-state index contributed by atoms with van der Waals surface area (Å²) in [5.74, 6) is 0.397. The maximum Gasteiger partial charge on any atom is 0.434 e. The van der Waals surface area contributed by atoms with E-state index in [1.165, 1.54) is 12.8 Å². The van der Waals surface area contributed by atoms with Gasteiger partial charge in [-0.05, 0) is 65.7 Å². The molecule has 0 atom stereocenters. The lowest BCUT2D eigenvalue weighted by molar-refractivity contribution is 0.339. The average Bonchev–Trinajstić information content (AvgIpc) is 2.95. The first-order valence-corrected chi connectivity index (χ1v) is 8.26. The summed E-state index contributed by atoms with van der Waals surface area (Å²) in [7, 11) is 0. The number of benzene rings is 1. The number of nitrogens with zero attached hydrogens (tertiary/aromatic N) is 1. The highest BCUT2D eigenvalue weighted by atomic mass is 79.9. The molecule has 23 heavy (non-hydrogen) atoms. The van der Waals surface area contributed by atoms with Gasteiger partial charge in [0.1, 0.15) is 0 Å². The van der Waals surface area contributed by atoms with E-state index in [1.54, 1.807) is 0 Å². The van der Waals surface area contributed by atoms with E-state index in [4.69, 9.17) is 10.2 Å². The zero-order valence-electron chi connectivity index (χ0n) is 12.5. The predicted molar refractivity (Wildman–Crippen MR) is 95.9 cm³/mol. The molecule has 1 fully saturated rings. The molecule has 1 saturated carbocycles. The Kier molecular flexibility index (Phi) is 6.26. The van der Waals surface area contributed by atoms with Crippen molar-refractivity contribution in [3.63, 3.8) is 0 Å². The van der Waals surface area contributed by atoms with Crippen LogP contribution in [-0.4, -0.2) is 22.8 Å². The van der Waals surface area contributed by atoms with Gasteiger partial charge in [-0.25, -0.2) is 9.89 Å². The number of anilines is 1. The molecule has 0 amide bonds. The van der Waals surface area contributed by atoms with Crippen molar-refractivity contribution in [1.82, 2.24) is 10.2 Å². The smallest absolute Gasteiger partial charge is 0.388 e. The lowest BCUT2D eigenvalue weighted by Gasteiger charge is -2.26. The molecule has 1 aromatic carbocycles. The Hall–Kier alpha value is -1.31. The van der Waals surface area contributed by atoms with Crippen molar-refractivity contribution in [2.45, 2.75) is 31.7 Å². The molecular formula is C15H20BrClN4O2. The Morgan fingerprint density at radius 1 is 1.35 bits per heavy atom. The second kappa shape index (κ2) is 7.99. The van der Waals surface area contributed by atoms with Crippen LogP contribution in [0.5, 0.6) is 0 Å². The van der Waals surface area contributed by atoms with Crippen LogP contribution in [0.2, 0.25) is 0 Å². The molecule has 1 aliphatic rings. The summed E-state index contributed by atoms with van der Waals surface area (Å²) in [6.45, 7) is 0.916. The largest absolute Gasteiger partial charge is 0.434 e. The minimum absolute atomic E-state index is 0. The fourth-order valence-electron chi connectivity index (χ4n) is 2.79. The van der Waals surface area contributed by atoms with E-state index in [0.29, 0.717) is 17.9 Å². The van der Waals surface area contributed by atoms with Gasteiger partial charge in [0.05, 0.1) is 0 Å². The molecule has 8 heteroatoms. The molecule has 2 aromatic rings. The fourth-order valence-corrected chi connectivity index (χ4v) is 3.18. The van der Waals surface area contributed by atoms with Gasteiger partial charge in [-0.3, -0.25) is 0 Å². The Morgan fingerprint density at radius 3 is 2.74 bits per heavy atom. The summed E-state index contributed by atoms with van der Waals surface area (Å²) in [6.07, 6.45) is 4.54. The summed E-state index contributed by atoms with van der Waals surface area (Å²) in [5, 5.41) is 9.60. The first kappa shape index (κ1) is 18.0. The molecule has 0 spiro atoms. The number of aromatic nitrogens is 2. The van der Waals surface area contributed by atoms with Gasteiger partial charge in [-0.1, -0.05) is 0 Å². The number of nitrogens with one attached hydrogen (secondary N) is 2. The summed E-state index contributed by atoms with van der Waals surface area (Å²) < 4.78 is 5.97. The summed E-state index contributed by atoms with van der Waals surface area (Å²) in [6, 6.07) is 6.07. The summed E-state index contributed by atoms with van der Waals surface area (Å²) in [4.78, 5) is 11.1. The molecular weight excluding hydrogens is 384 g/mol. The molecule has 6 nitrogen and oxygen atoms in total. The van der Waals surface area contributed by atoms with E-state index in [9.17, 15) is 4.79 Å². The van der Waals surface area contributed by atoms with Gasteiger partial charge in [0, 0.05) is 28.3 Å². The lowest BCUT2D eigenvalue weighted by Crippen LogP contribution is -2.29. The van der Waals surface area contributed by atoms with Crippen molar-refractivity contribution in [2.24, 2.45) is 11.7 Å². The van der Waals surface area contributed by atoms with Crippen LogP contribution in [0, 0.1) is 5.92 Å². The summed E-state index contributed by atoms with van der Waals surface area (Å²) in [5.41, 5.74) is 7.67. The van der Waals surface area contributed by atoms with E-state index >= 15 is 0 Å². The van der Waals surface area contributed by atoms with Crippen molar-refractivity contribution in [3.05, 3.63) is 33.2 Å². The average molecular weight is 404 g/mol. The van der Waals surface area contributed by atoms with E-state index in [1.807, 2.05) is 18.2 Å². The second-order valence-corrected chi connectivity index (χ2v) is 6.63. The Bertz CT molecular complexity index is 695. The lowest BCUT2D eigenvalue weighted by atomic mass is 9.86. The van der Waals surface area contributed by atoms with E-state index < -0.39 is 5.76 Å². The van der Waals surface area contributed by atoms with Crippen LogP contribution in [0.1, 0.15) is 25.7 Å². The standard InChI is InChI=1S/C15H19BrN4O2.ClH/c16-12-6-3-10(14-19-20-15(21)22-14)7-13(12)18-8-9-1-4-11(17)5-2-9;/h3,6-7,9,11,18H,1-2,4-5,8,17H2,(H,20,21);1H/t9-,11-;. The molecule has 0 bridgehead atoms. The minimum atomic E-state index is -0.550. The van der Waals surface area contributed by atoms with E-state index in [2.05, 4.69) is 31.4 Å². The van der Waals surface area contributed by atoms with Gasteiger partial charge < -0.3 is 15.5 Å². The van der Waals surface area contributed by atoms with Gasteiger partial charge in [0.25, 0.3) is 0 Å². The molecule has 4 N–H and O–H groups in total. The van der Waals surface area contributed by atoms with E-state index in [-0.39, 0.29) is 12.4 Å². The van der Waals surface area contributed by atoms with Crippen LogP contribution >= 0.6 is 28.3 Å². The highest BCUT2D eigenvalue weighted by molar-refractivity contribution is 9.10. The van der Waals surface area contributed by atoms with E-state index in [0.717, 1.165) is 35.1 Å². The molecule has 1 heterocycles. The van der Waals surface area contributed by atoms with Crippen molar-refractivity contribution < 1.29 is 4.42 Å². The normalized spacial score (nSPS) is 20.8. The van der Waals surface area contributed by atoms with Gasteiger partial charge in [-0.15, -0.1) is 17.5 Å². The molecule has 0 radical (unpaired) electrons. The number of H-pyrrole nitrogens is 1. The predicted octanol–water partition coefficient (Wildman–Crippen LogP) is 3.14. The quantitative estimate of drug-likeness (QED) is 0.728. The highest BCUT2D eigenvalue weighted by Crippen LogP contribution is 2.29. The van der Waals surface area contributed by atoms with Crippen LogP contribution in [0.25, 0.3) is 11.5 Å². The zero-order valence-corrected chi connectivity index (χ0v) is 15.0. The van der Waals surface area contributed by atoms with Crippen LogP contribution in [0.3, 0.4) is 0 Å². The molecule has 0 aliphatic heterocycles. The molecule has 126 valence electrons. The minimum Gasteiger partial charge on any atom is -0.388 e. The zero-order chi connectivity index (χ0) is 15.5. The number of aromatic amines is 1. The highest BCUT2D eigenvalue weighted by Gasteiger charge is 2.18. The summed E-state index contributed by atoms with van der Waals surface area (Å²) >= 11 is 3.54. The topological polar surface area (TPSA) is 96.9 Å². The van der Waals surface area contributed by atoms with Crippen molar-refractivity contribution in [3.8, 4) is 11.5 Å². The Labute approximate surface area is 148 Å². The first-order chi connectivity index (χ1) is 10.6. The molecule has 0 saturated heterocycles. The van der Waals surface area contributed by atoms with Crippen LogP contribution in [0.15, 0.2) is 31.9 Å². The molecule has 0 unspecified atom stereocenters. The van der Waals surface area contributed by atoms with Crippen molar-refractivity contribution >= 4 is 34.0 Å². The van der Waals surface area contributed by atoms with Gasteiger partial charge in [0.15, 0.2) is 0 Å². The maximum absolute atomic E-state index is 11.1. The molecule has 3 rings (SSSR count). The van der Waals surface area contributed by atoms with Gasteiger partial charge in [-0.2, -0.15) is 0 Å². The number of halogens is 2. The maximum atomic E-state index is 11.1. The van der Waals surface area contributed by atoms with Crippen LogP contribution in [-0.2, 0) is 0 Å². The fraction of sp³-hybridized carbons (Fsp3) is 0.467. The van der Waals surface area contributed by atoms with Crippen LogP contribution in [0.4, 0.5) is 5.69 Å². The van der Waals surface area contributed by atoms with Gasteiger partial charge in [0.2, 0.25) is 5.89 Å². The third-order valence-electron chi connectivity index (χ3n) is 4.12.